The number of benzene rings is 2. The van der Waals surface area contributed by atoms with E-state index in [1.165, 1.54) is 0 Å². The summed E-state index contributed by atoms with van der Waals surface area (Å²) in [4.78, 5) is 29.3. The van der Waals surface area contributed by atoms with Crippen LogP contribution in [0.1, 0.15) is 24.8 Å². The van der Waals surface area contributed by atoms with Gasteiger partial charge >= 0.3 is 0 Å². The average molecular weight is 482 g/mol. The van der Waals surface area contributed by atoms with Gasteiger partial charge in [0.1, 0.15) is 18.1 Å². The van der Waals surface area contributed by atoms with Gasteiger partial charge in [-0.2, -0.15) is 0 Å². The Kier molecular flexibility index (Phi) is 8.60. The maximum atomic E-state index is 12.8. The van der Waals surface area contributed by atoms with Gasteiger partial charge in [0.15, 0.2) is 0 Å². The molecule has 8 heteroatoms. The standard InChI is InChI=1S/C27H35N3O5/c1-29(22-10-13-34-14-11-22)12-15-35-25-5-3-4-20(16-25)18-28-27(32)21-17-26(31)30(19-21)23-6-8-24(33-2)9-7-23/h3-9,16,21-22H,10-15,17-19H2,1-2H3,(H,28,32). The third kappa shape index (κ3) is 6.74. The maximum Gasteiger partial charge on any atom is 0.227 e. The zero-order valence-electron chi connectivity index (χ0n) is 20.6. The fourth-order valence-electron chi connectivity index (χ4n) is 4.59. The number of hydrogen-bond acceptors (Lipinski definition) is 6. The zero-order chi connectivity index (χ0) is 24.6. The van der Waals surface area contributed by atoms with Gasteiger partial charge in [0.25, 0.3) is 0 Å². The van der Waals surface area contributed by atoms with Crippen LogP contribution in [-0.4, -0.2) is 69.8 Å². The van der Waals surface area contributed by atoms with Crippen LogP contribution in [0.5, 0.6) is 11.5 Å². The van der Waals surface area contributed by atoms with Gasteiger partial charge in [-0.1, -0.05) is 12.1 Å². The van der Waals surface area contributed by atoms with E-state index in [0.29, 0.717) is 25.7 Å². The first-order chi connectivity index (χ1) is 17.0. The van der Waals surface area contributed by atoms with E-state index in [2.05, 4.69) is 17.3 Å². The lowest BCUT2D eigenvalue weighted by Crippen LogP contribution is -2.38. The maximum absolute atomic E-state index is 12.8. The van der Waals surface area contributed by atoms with Crippen molar-refractivity contribution in [3.05, 3.63) is 54.1 Å². The minimum absolute atomic E-state index is 0.0450. The topological polar surface area (TPSA) is 80.3 Å². The summed E-state index contributed by atoms with van der Waals surface area (Å²) in [6.07, 6.45) is 2.34. The molecule has 2 heterocycles. The van der Waals surface area contributed by atoms with Crippen LogP contribution >= 0.6 is 0 Å². The fourth-order valence-corrected chi connectivity index (χ4v) is 4.59. The normalized spacial score (nSPS) is 18.7. The van der Waals surface area contributed by atoms with Crippen molar-refractivity contribution in [2.24, 2.45) is 5.92 Å². The molecule has 2 aromatic carbocycles. The number of nitrogens with one attached hydrogen (secondary N) is 1. The molecule has 2 aromatic rings. The van der Waals surface area contributed by atoms with E-state index in [9.17, 15) is 9.59 Å². The van der Waals surface area contributed by atoms with Crippen LogP contribution in [-0.2, 0) is 20.9 Å². The Morgan fingerprint density at radius 1 is 1.14 bits per heavy atom. The first-order valence-electron chi connectivity index (χ1n) is 12.3. The monoisotopic (exact) mass is 481 g/mol. The Bertz CT molecular complexity index is 991. The molecule has 2 amide bonds. The number of carbonyl (C=O) groups excluding carboxylic acids is 2. The van der Waals surface area contributed by atoms with E-state index >= 15 is 0 Å². The number of anilines is 1. The van der Waals surface area contributed by atoms with Crippen molar-refractivity contribution in [2.45, 2.75) is 31.8 Å². The summed E-state index contributed by atoms with van der Waals surface area (Å²) in [7, 11) is 3.74. The number of hydrogen-bond donors (Lipinski definition) is 1. The molecule has 0 spiro atoms. The summed E-state index contributed by atoms with van der Waals surface area (Å²) in [5.74, 6) is 0.992. The van der Waals surface area contributed by atoms with Crippen molar-refractivity contribution in [3.8, 4) is 11.5 Å². The van der Waals surface area contributed by atoms with Crippen LogP contribution in [0.25, 0.3) is 0 Å². The highest BCUT2D eigenvalue weighted by Crippen LogP contribution is 2.27. The molecule has 2 aliphatic rings. The minimum Gasteiger partial charge on any atom is -0.497 e. The summed E-state index contributed by atoms with van der Waals surface area (Å²) in [6.45, 7) is 3.89. The zero-order valence-corrected chi connectivity index (χ0v) is 20.6. The molecule has 0 saturated carbocycles. The SMILES string of the molecule is COc1ccc(N2CC(C(=O)NCc3cccc(OCCN(C)C4CCOCC4)c3)CC2=O)cc1. The number of likely N-dealkylation sites (N-methyl/N-ethyl adjacent to an activating group) is 1. The number of nitrogens with zero attached hydrogens (tertiary/aromatic N) is 2. The molecule has 0 aliphatic carbocycles. The van der Waals surface area contributed by atoms with E-state index in [-0.39, 0.29) is 24.2 Å². The van der Waals surface area contributed by atoms with Crippen LogP contribution in [0.2, 0.25) is 0 Å². The summed E-state index contributed by atoms with van der Waals surface area (Å²) < 4.78 is 16.6. The summed E-state index contributed by atoms with van der Waals surface area (Å²) >= 11 is 0. The fraction of sp³-hybridized carbons (Fsp3) is 0.481. The predicted molar refractivity (Wildman–Crippen MR) is 134 cm³/mol. The molecular formula is C27H35N3O5. The predicted octanol–water partition coefficient (Wildman–Crippen LogP) is 2.85. The Hall–Kier alpha value is -3.10. The van der Waals surface area contributed by atoms with Crippen molar-refractivity contribution >= 4 is 17.5 Å². The molecule has 2 aliphatic heterocycles. The van der Waals surface area contributed by atoms with Crippen molar-refractivity contribution in [2.75, 3.05) is 52.0 Å². The molecular weight excluding hydrogens is 446 g/mol. The van der Waals surface area contributed by atoms with Gasteiger partial charge < -0.3 is 24.4 Å². The van der Waals surface area contributed by atoms with Gasteiger partial charge in [-0.05, 0) is 61.9 Å². The van der Waals surface area contributed by atoms with Gasteiger partial charge in [-0.15, -0.1) is 0 Å². The molecule has 2 fully saturated rings. The Morgan fingerprint density at radius 2 is 1.91 bits per heavy atom. The highest BCUT2D eigenvalue weighted by Gasteiger charge is 2.35. The lowest BCUT2D eigenvalue weighted by atomic mass is 10.1. The van der Waals surface area contributed by atoms with Crippen molar-refractivity contribution in [1.82, 2.24) is 10.2 Å². The molecule has 2 saturated heterocycles. The largest absolute Gasteiger partial charge is 0.497 e. The second-order valence-corrected chi connectivity index (χ2v) is 9.14. The first kappa shape index (κ1) is 25.0. The van der Waals surface area contributed by atoms with Crippen LogP contribution in [0.4, 0.5) is 5.69 Å². The molecule has 8 nitrogen and oxygen atoms in total. The van der Waals surface area contributed by atoms with E-state index < -0.39 is 0 Å². The highest BCUT2D eigenvalue weighted by atomic mass is 16.5. The van der Waals surface area contributed by atoms with Crippen LogP contribution < -0.4 is 19.7 Å². The van der Waals surface area contributed by atoms with E-state index in [1.54, 1.807) is 12.0 Å². The second-order valence-electron chi connectivity index (χ2n) is 9.14. The summed E-state index contributed by atoms with van der Waals surface area (Å²) in [6, 6.07) is 15.6. The molecule has 1 atom stereocenters. The van der Waals surface area contributed by atoms with Crippen molar-refractivity contribution < 1.29 is 23.8 Å². The third-order valence-electron chi connectivity index (χ3n) is 6.77. The van der Waals surface area contributed by atoms with E-state index in [1.807, 2.05) is 48.5 Å². The number of methoxy groups -OCH3 is 1. The van der Waals surface area contributed by atoms with Gasteiger partial charge in [0.05, 0.1) is 13.0 Å². The number of ether oxygens (including phenoxy) is 3. The van der Waals surface area contributed by atoms with E-state index in [0.717, 1.165) is 55.4 Å². The number of amides is 2. The Morgan fingerprint density at radius 3 is 2.66 bits per heavy atom. The molecule has 0 aromatic heterocycles. The average Bonchev–Trinajstić information content (AvgIpc) is 3.29. The molecule has 35 heavy (non-hydrogen) atoms. The van der Waals surface area contributed by atoms with Crippen LogP contribution in [0, 0.1) is 5.92 Å². The third-order valence-corrected chi connectivity index (χ3v) is 6.77. The first-order valence-corrected chi connectivity index (χ1v) is 12.3. The van der Waals surface area contributed by atoms with Gasteiger partial charge in [0.2, 0.25) is 11.8 Å². The number of carbonyl (C=O) groups is 2. The summed E-state index contributed by atoms with van der Waals surface area (Å²) in [5, 5.41) is 2.98. The highest BCUT2D eigenvalue weighted by molar-refractivity contribution is 6.00. The Labute approximate surface area is 207 Å². The quantitative estimate of drug-likeness (QED) is 0.562. The molecule has 0 radical (unpaired) electrons. The van der Waals surface area contributed by atoms with Gasteiger partial charge in [-0.25, -0.2) is 0 Å². The van der Waals surface area contributed by atoms with Crippen LogP contribution in [0.3, 0.4) is 0 Å². The van der Waals surface area contributed by atoms with Crippen molar-refractivity contribution in [1.29, 1.82) is 0 Å². The van der Waals surface area contributed by atoms with Gasteiger partial charge in [-0.3, -0.25) is 14.5 Å². The molecule has 4 rings (SSSR count). The second kappa shape index (κ2) is 12.0. The number of rotatable bonds is 10. The van der Waals surface area contributed by atoms with Gasteiger partial charge in [0, 0.05) is 51.0 Å². The molecule has 0 bridgehead atoms. The lowest BCUT2D eigenvalue weighted by molar-refractivity contribution is -0.126. The smallest absolute Gasteiger partial charge is 0.227 e. The molecule has 188 valence electrons. The lowest BCUT2D eigenvalue weighted by Gasteiger charge is -2.31. The molecule has 1 unspecified atom stereocenters. The van der Waals surface area contributed by atoms with Crippen LogP contribution in [0.15, 0.2) is 48.5 Å². The molecule has 1 N–H and O–H groups in total. The minimum atomic E-state index is -0.371. The van der Waals surface area contributed by atoms with E-state index in [4.69, 9.17) is 14.2 Å². The summed E-state index contributed by atoms with van der Waals surface area (Å²) in [5.41, 5.74) is 1.74. The van der Waals surface area contributed by atoms with Crippen molar-refractivity contribution in [3.63, 3.8) is 0 Å². The Balaban J connectivity index is 1.23.